The summed E-state index contributed by atoms with van der Waals surface area (Å²) in [6.07, 6.45) is 2.48. The van der Waals surface area contributed by atoms with E-state index in [4.69, 9.17) is 16.3 Å². The van der Waals surface area contributed by atoms with Crippen molar-refractivity contribution in [3.8, 4) is 0 Å². The van der Waals surface area contributed by atoms with Crippen LogP contribution >= 0.6 is 11.6 Å². The molecule has 0 saturated carbocycles. The van der Waals surface area contributed by atoms with Gasteiger partial charge >= 0.3 is 0 Å². The Morgan fingerprint density at radius 3 is 2.42 bits per heavy atom. The smallest absolute Gasteiger partial charge is 0.223 e. The Morgan fingerprint density at radius 1 is 1.12 bits per heavy atom. The molecule has 2 aromatic rings. The average Bonchev–Trinajstić information content (AvgIpc) is 2.68. The zero-order valence-corrected chi connectivity index (χ0v) is 16.0. The van der Waals surface area contributed by atoms with Gasteiger partial charge in [0.25, 0.3) is 0 Å². The van der Waals surface area contributed by atoms with Gasteiger partial charge in [0.2, 0.25) is 5.91 Å². The number of halogens is 1. The van der Waals surface area contributed by atoms with E-state index in [2.05, 4.69) is 12.1 Å². The van der Waals surface area contributed by atoms with Gasteiger partial charge in [-0.1, -0.05) is 60.1 Å². The molecule has 2 aromatic carbocycles. The predicted octanol–water partition coefficient (Wildman–Crippen LogP) is 4.75. The minimum Gasteiger partial charge on any atom is -0.384 e. The standard InChI is InChI=1S/C22H26ClNO2/c1-26-16-17-11-13-24(14-12-17)22(25)15-20(18-7-3-2-4-8-18)19-9-5-6-10-21(19)23/h2-10,17,20H,11-16H2,1H3/t20-/m0/s1. The molecule has 4 heteroatoms. The summed E-state index contributed by atoms with van der Waals surface area (Å²) in [5.74, 6) is 0.751. The van der Waals surface area contributed by atoms with Crippen molar-refractivity contribution >= 4 is 17.5 Å². The van der Waals surface area contributed by atoms with E-state index in [1.807, 2.05) is 47.4 Å². The number of piperidine rings is 1. The first-order valence-electron chi connectivity index (χ1n) is 9.25. The van der Waals surface area contributed by atoms with Crippen LogP contribution in [0.15, 0.2) is 54.6 Å². The third kappa shape index (κ3) is 4.66. The summed E-state index contributed by atoms with van der Waals surface area (Å²) in [4.78, 5) is 15.0. The predicted molar refractivity (Wildman–Crippen MR) is 106 cm³/mol. The van der Waals surface area contributed by atoms with Crippen LogP contribution in [0, 0.1) is 5.92 Å². The van der Waals surface area contributed by atoms with E-state index in [9.17, 15) is 4.79 Å². The molecule has 1 aliphatic rings. The zero-order chi connectivity index (χ0) is 18.4. The molecule has 0 N–H and O–H groups in total. The fourth-order valence-electron chi connectivity index (χ4n) is 3.74. The Balaban J connectivity index is 1.74. The van der Waals surface area contributed by atoms with Gasteiger partial charge in [0.15, 0.2) is 0 Å². The maximum absolute atomic E-state index is 13.0. The van der Waals surface area contributed by atoms with Crippen molar-refractivity contribution in [2.24, 2.45) is 5.92 Å². The number of amides is 1. The molecular formula is C22H26ClNO2. The van der Waals surface area contributed by atoms with Crippen LogP contribution in [0.2, 0.25) is 5.02 Å². The number of carbonyl (C=O) groups excluding carboxylic acids is 1. The summed E-state index contributed by atoms with van der Waals surface area (Å²) in [6, 6.07) is 18.0. The molecule has 1 amide bonds. The lowest BCUT2D eigenvalue weighted by atomic mass is 9.87. The number of rotatable bonds is 6. The van der Waals surface area contributed by atoms with Gasteiger partial charge in [0.05, 0.1) is 0 Å². The molecule has 3 nitrogen and oxygen atoms in total. The molecule has 0 radical (unpaired) electrons. The maximum atomic E-state index is 13.0. The highest BCUT2D eigenvalue weighted by Gasteiger charge is 2.26. The fourth-order valence-corrected chi connectivity index (χ4v) is 4.01. The Kier molecular flexibility index (Phi) is 6.70. The Hall–Kier alpha value is -1.84. The average molecular weight is 372 g/mol. The molecule has 1 heterocycles. The van der Waals surface area contributed by atoms with Crippen LogP contribution in [0.5, 0.6) is 0 Å². The highest BCUT2D eigenvalue weighted by atomic mass is 35.5. The van der Waals surface area contributed by atoms with E-state index in [1.54, 1.807) is 7.11 Å². The Labute approximate surface area is 160 Å². The molecule has 138 valence electrons. The normalized spacial score (nSPS) is 16.5. The van der Waals surface area contributed by atoms with Gasteiger partial charge in [-0.2, -0.15) is 0 Å². The molecule has 0 unspecified atom stereocenters. The number of hydrogen-bond acceptors (Lipinski definition) is 2. The van der Waals surface area contributed by atoms with Gasteiger partial charge in [-0.3, -0.25) is 4.79 Å². The van der Waals surface area contributed by atoms with E-state index >= 15 is 0 Å². The number of nitrogens with zero attached hydrogens (tertiary/aromatic N) is 1. The summed E-state index contributed by atoms with van der Waals surface area (Å²) in [5.41, 5.74) is 2.14. The molecule has 0 spiro atoms. The van der Waals surface area contributed by atoms with Crippen LogP contribution in [0.3, 0.4) is 0 Å². The van der Waals surface area contributed by atoms with Crippen molar-refractivity contribution in [1.82, 2.24) is 4.90 Å². The quantitative estimate of drug-likeness (QED) is 0.733. The Bertz CT molecular complexity index is 711. The van der Waals surface area contributed by atoms with Crippen molar-refractivity contribution in [3.63, 3.8) is 0 Å². The van der Waals surface area contributed by atoms with Gasteiger partial charge < -0.3 is 9.64 Å². The lowest BCUT2D eigenvalue weighted by molar-refractivity contribution is -0.133. The minimum absolute atomic E-state index is 0.0194. The van der Waals surface area contributed by atoms with E-state index in [-0.39, 0.29) is 11.8 Å². The second-order valence-corrected chi connectivity index (χ2v) is 7.38. The van der Waals surface area contributed by atoms with Gasteiger partial charge in [-0.15, -0.1) is 0 Å². The van der Waals surface area contributed by atoms with Crippen LogP contribution in [-0.2, 0) is 9.53 Å². The van der Waals surface area contributed by atoms with E-state index in [1.165, 1.54) is 0 Å². The number of methoxy groups -OCH3 is 1. The third-order valence-corrected chi connectivity index (χ3v) is 5.58. The highest BCUT2D eigenvalue weighted by molar-refractivity contribution is 6.31. The van der Waals surface area contributed by atoms with Crippen molar-refractivity contribution in [2.75, 3.05) is 26.8 Å². The number of ether oxygens (including phenoxy) is 1. The van der Waals surface area contributed by atoms with Crippen LogP contribution in [-0.4, -0.2) is 37.6 Å². The summed E-state index contributed by atoms with van der Waals surface area (Å²) in [5, 5.41) is 0.716. The first kappa shape index (κ1) is 18.9. The lowest BCUT2D eigenvalue weighted by Gasteiger charge is -2.33. The number of benzene rings is 2. The van der Waals surface area contributed by atoms with E-state index < -0.39 is 0 Å². The molecule has 0 aliphatic carbocycles. The molecule has 0 bridgehead atoms. The van der Waals surface area contributed by atoms with Gasteiger partial charge in [0, 0.05) is 44.2 Å². The van der Waals surface area contributed by atoms with Crippen LogP contribution < -0.4 is 0 Å². The maximum Gasteiger partial charge on any atom is 0.223 e. The van der Waals surface area contributed by atoms with Crippen molar-refractivity contribution in [1.29, 1.82) is 0 Å². The van der Waals surface area contributed by atoms with Crippen molar-refractivity contribution < 1.29 is 9.53 Å². The zero-order valence-electron chi connectivity index (χ0n) is 15.2. The van der Waals surface area contributed by atoms with Gasteiger partial charge in [-0.05, 0) is 36.0 Å². The molecule has 1 saturated heterocycles. The largest absolute Gasteiger partial charge is 0.384 e. The molecule has 26 heavy (non-hydrogen) atoms. The first-order valence-corrected chi connectivity index (χ1v) is 9.63. The molecule has 1 fully saturated rings. The Morgan fingerprint density at radius 2 is 1.77 bits per heavy atom. The second kappa shape index (κ2) is 9.20. The first-order chi connectivity index (χ1) is 12.7. The van der Waals surface area contributed by atoms with E-state index in [0.29, 0.717) is 17.4 Å². The van der Waals surface area contributed by atoms with Gasteiger partial charge in [0.1, 0.15) is 0 Å². The molecule has 1 atom stereocenters. The van der Waals surface area contributed by atoms with Crippen LogP contribution in [0.1, 0.15) is 36.3 Å². The second-order valence-electron chi connectivity index (χ2n) is 6.97. The molecule has 0 aromatic heterocycles. The number of hydrogen-bond donors (Lipinski definition) is 0. The summed E-state index contributed by atoms with van der Waals surface area (Å²) in [7, 11) is 1.74. The number of likely N-dealkylation sites (tertiary alicyclic amines) is 1. The van der Waals surface area contributed by atoms with E-state index in [0.717, 1.165) is 43.7 Å². The van der Waals surface area contributed by atoms with Crippen molar-refractivity contribution in [2.45, 2.75) is 25.2 Å². The van der Waals surface area contributed by atoms with Crippen LogP contribution in [0.25, 0.3) is 0 Å². The molecule has 3 rings (SSSR count). The lowest BCUT2D eigenvalue weighted by Crippen LogP contribution is -2.40. The van der Waals surface area contributed by atoms with Crippen LogP contribution in [0.4, 0.5) is 0 Å². The SMILES string of the molecule is COCC1CCN(C(=O)C[C@@H](c2ccccc2)c2ccccc2Cl)CC1. The third-order valence-electron chi connectivity index (χ3n) is 5.23. The topological polar surface area (TPSA) is 29.5 Å². The summed E-state index contributed by atoms with van der Waals surface area (Å²) in [6.45, 7) is 2.42. The summed E-state index contributed by atoms with van der Waals surface area (Å²) >= 11 is 6.45. The van der Waals surface area contributed by atoms with Gasteiger partial charge in [-0.25, -0.2) is 0 Å². The monoisotopic (exact) mass is 371 g/mol. The highest BCUT2D eigenvalue weighted by Crippen LogP contribution is 2.33. The minimum atomic E-state index is -0.0194. The summed E-state index contributed by atoms with van der Waals surface area (Å²) < 4.78 is 5.25. The fraction of sp³-hybridized carbons (Fsp3) is 0.409. The van der Waals surface area contributed by atoms with Crippen molar-refractivity contribution in [3.05, 3.63) is 70.7 Å². The number of carbonyl (C=O) groups is 1. The molecular weight excluding hydrogens is 346 g/mol. The molecule has 1 aliphatic heterocycles.